The van der Waals surface area contributed by atoms with Gasteiger partial charge < -0.3 is 15.4 Å². The average Bonchev–Trinajstić information content (AvgIpc) is 2.58. The zero-order chi connectivity index (χ0) is 20.5. The van der Waals surface area contributed by atoms with Crippen LogP contribution in [-0.2, 0) is 14.4 Å². The van der Waals surface area contributed by atoms with Gasteiger partial charge in [0.2, 0.25) is 0 Å². The molecular formula is C18H34N2O4Si2. The molecule has 8 heteroatoms. The smallest absolute Gasteiger partial charge is 0.314 e. The molecule has 0 bridgehead atoms. The van der Waals surface area contributed by atoms with E-state index in [0.29, 0.717) is 37.0 Å². The Morgan fingerprint density at radius 2 is 1.35 bits per heavy atom. The van der Waals surface area contributed by atoms with Gasteiger partial charge in [0, 0.05) is 51.0 Å². The van der Waals surface area contributed by atoms with E-state index in [1.165, 1.54) is 0 Å². The van der Waals surface area contributed by atoms with Crippen LogP contribution >= 0.6 is 0 Å². The summed E-state index contributed by atoms with van der Waals surface area (Å²) in [6.45, 7) is 15.0. The fourth-order valence-corrected chi connectivity index (χ4v) is 2.96. The molecule has 0 aromatic rings. The minimum atomic E-state index is -0.186. The fourth-order valence-electron chi connectivity index (χ4n) is 1.67. The van der Waals surface area contributed by atoms with Crippen LogP contribution in [0.5, 0.6) is 0 Å². The van der Waals surface area contributed by atoms with Crippen molar-refractivity contribution in [3.05, 3.63) is 24.3 Å². The first-order chi connectivity index (χ1) is 12.1. The largest absolute Gasteiger partial charge is 0.342 e. The first kappa shape index (κ1) is 26.4. The zero-order valence-electron chi connectivity index (χ0n) is 16.7. The highest BCUT2D eigenvalue weighted by molar-refractivity contribution is 6.39. The number of carbonyl (C=O) groups excluding carboxylic acids is 4. The molecule has 0 rings (SSSR count). The van der Waals surface area contributed by atoms with E-state index in [4.69, 9.17) is 0 Å². The van der Waals surface area contributed by atoms with Crippen molar-refractivity contribution < 1.29 is 19.2 Å². The highest BCUT2D eigenvalue weighted by Gasteiger charge is 2.06. The normalized spacial score (nSPS) is 10.3. The van der Waals surface area contributed by atoms with Gasteiger partial charge in [0.1, 0.15) is 5.78 Å². The van der Waals surface area contributed by atoms with E-state index in [1.807, 2.05) is 0 Å². The summed E-state index contributed by atoms with van der Waals surface area (Å²) in [5, 5.41) is 5.33. The van der Waals surface area contributed by atoms with Gasteiger partial charge in [-0.05, 0) is 31.0 Å². The predicted octanol–water partition coefficient (Wildman–Crippen LogP) is 1.11. The zero-order valence-corrected chi connectivity index (χ0v) is 19.5. The van der Waals surface area contributed by atoms with Gasteiger partial charge in [-0.15, -0.1) is 0 Å². The Bertz CT molecular complexity index is 519. The Morgan fingerprint density at radius 1 is 0.808 bits per heavy atom. The molecule has 0 aromatic carbocycles. The summed E-state index contributed by atoms with van der Waals surface area (Å²) < 4.78 is 0. The maximum atomic E-state index is 11.1. The van der Waals surface area contributed by atoms with Crippen LogP contribution in [0.4, 0.5) is 4.79 Å². The van der Waals surface area contributed by atoms with Gasteiger partial charge in [-0.3, -0.25) is 9.59 Å². The lowest BCUT2D eigenvalue weighted by molar-refractivity contribution is -0.121. The number of ketones is 3. The minimum Gasteiger partial charge on any atom is -0.342 e. The number of hydrogen-bond donors (Lipinski definition) is 2. The number of hydrogen-bond acceptors (Lipinski definition) is 4. The average molecular weight is 399 g/mol. The Labute approximate surface area is 161 Å². The molecule has 0 spiro atoms. The summed E-state index contributed by atoms with van der Waals surface area (Å²) in [4.78, 5) is 44.1. The third-order valence-electron chi connectivity index (χ3n) is 3.28. The Kier molecular flexibility index (Phi) is 16.9. The van der Waals surface area contributed by atoms with Crippen molar-refractivity contribution in [2.75, 3.05) is 12.7 Å². The van der Waals surface area contributed by atoms with Crippen LogP contribution in [0.2, 0.25) is 19.1 Å². The summed E-state index contributed by atoms with van der Waals surface area (Å²) in [5.74, 6) is 0.245. The molecule has 2 N–H and O–H groups in total. The molecule has 0 atom stereocenters. The molecule has 6 nitrogen and oxygen atoms in total. The van der Waals surface area contributed by atoms with Crippen LogP contribution < -0.4 is 10.6 Å². The number of urea groups is 1. The lowest BCUT2D eigenvalue weighted by atomic mass is 10.1. The second-order valence-corrected chi connectivity index (χ2v) is 9.13. The second-order valence-electron chi connectivity index (χ2n) is 6.13. The van der Waals surface area contributed by atoms with E-state index in [9.17, 15) is 19.2 Å². The van der Waals surface area contributed by atoms with E-state index >= 15 is 0 Å². The molecule has 0 aromatic heterocycles. The molecule has 148 valence electrons. The molecule has 0 aliphatic heterocycles. The molecule has 0 heterocycles. The molecule has 0 saturated carbocycles. The SMILES string of the molecule is C=C(C)C(=O)CCC(=O)C[SiH2]C.C=C(C)C(=O)CCNC(=O)NC[SiH2]C. The lowest BCUT2D eigenvalue weighted by Gasteiger charge is -2.05. The molecule has 0 unspecified atom stereocenters. The number of nitrogens with one attached hydrogen (secondary N) is 2. The maximum Gasteiger partial charge on any atom is 0.314 e. The van der Waals surface area contributed by atoms with Gasteiger partial charge in [0.05, 0.1) is 0 Å². The highest BCUT2D eigenvalue weighted by atomic mass is 28.2. The number of rotatable bonds is 12. The number of amides is 2. The van der Waals surface area contributed by atoms with Crippen LogP contribution in [0.25, 0.3) is 0 Å². The topological polar surface area (TPSA) is 92.3 Å². The standard InChI is InChI=1S/C9H18N2O2Si.C9H16O2Si/c1-7(2)8(12)4-5-10-9(13)11-6-14-3;1-7(2)9(11)5-4-8(10)6-12-3/h1,4-6,14H2,2-3H3,(H2,10,11,13);1,4-6,12H2,2-3H3. The Balaban J connectivity index is 0. The molecule has 0 aliphatic carbocycles. The van der Waals surface area contributed by atoms with Gasteiger partial charge in [0.25, 0.3) is 0 Å². The van der Waals surface area contributed by atoms with Crippen molar-refractivity contribution in [2.24, 2.45) is 0 Å². The van der Waals surface area contributed by atoms with Crippen molar-refractivity contribution in [2.45, 2.75) is 52.2 Å². The molecule has 0 radical (unpaired) electrons. The van der Waals surface area contributed by atoms with Gasteiger partial charge in [-0.25, -0.2) is 4.79 Å². The van der Waals surface area contributed by atoms with Gasteiger partial charge in [-0.2, -0.15) is 0 Å². The van der Waals surface area contributed by atoms with Gasteiger partial charge in [-0.1, -0.05) is 26.3 Å². The maximum absolute atomic E-state index is 11.1. The van der Waals surface area contributed by atoms with Gasteiger partial charge in [0.15, 0.2) is 11.6 Å². The first-order valence-corrected chi connectivity index (χ1v) is 13.9. The molecular weight excluding hydrogens is 364 g/mol. The van der Waals surface area contributed by atoms with Crippen LogP contribution in [-0.4, -0.2) is 55.1 Å². The summed E-state index contributed by atoms with van der Waals surface area (Å²) in [6.07, 6.45) is 1.88. The quantitative estimate of drug-likeness (QED) is 0.380. The van der Waals surface area contributed by atoms with Crippen molar-refractivity contribution >= 4 is 42.4 Å². The highest BCUT2D eigenvalue weighted by Crippen LogP contribution is 2.01. The van der Waals surface area contributed by atoms with E-state index < -0.39 is 0 Å². The lowest BCUT2D eigenvalue weighted by Crippen LogP contribution is -2.38. The first-order valence-electron chi connectivity index (χ1n) is 9.06. The van der Waals surface area contributed by atoms with E-state index in [0.717, 1.165) is 12.2 Å². The molecule has 0 saturated heterocycles. The summed E-state index contributed by atoms with van der Waals surface area (Å²) in [7, 11) is -0.315. The van der Waals surface area contributed by atoms with Crippen molar-refractivity contribution in [1.29, 1.82) is 0 Å². The molecule has 2 amide bonds. The fraction of sp³-hybridized carbons (Fsp3) is 0.556. The van der Waals surface area contributed by atoms with E-state index in [2.05, 4.69) is 36.9 Å². The van der Waals surface area contributed by atoms with Gasteiger partial charge >= 0.3 is 6.03 Å². The number of carbonyl (C=O) groups is 4. The van der Waals surface area contributed by atoms with E-state index in [1.54, 1.807) is 13.8 Å². The van der Waals surface area contributed by atoms with Crippen molar-refractivity contribution in [1.82, 2.24) is 10.6 Å². The third kappa shape index (κ3) is 17.0. The molecule has 0 aliphatic rings. The minimum absolute atomic E-state index is 0.00448. The summed E-state index contributed by atoms with van der Waals surface area (Å²) in [6, 6.07) is 0.539. The van der Waals surface area contributed by atoms with E-state index in [-0.39, 0.29) is 42.4 Å². The summed E-state index contributed by atoms with van der Waals surface area (Å²) in [5.41, 5.74) is 1.09. The van der Waals surface area contributed by atoms with Crippen molar-refractivity contribution in [3.8, 4) is 0 Å². The third-order valence-corrected chi connectivity index (χ3v) is 5.09. The Hall–Kier alpha value is -1.81. The molecule has 26 heavy (non-hydrogen) atoms. The molecule has 0 fully saturated rings. The second kappa shape index (κ2) is 16.7. The van der Waals surface area contributed by atoms with Crippen LogP contribution in [0, 0.1) is 0 Å². The van der Waals surface area contributed by atoms with Crippen LogP contribution in [0.1, 0.15) is 33.1 Å². The monoisotopic (exact) mass is 398 g/mol. The number of allylic oxidation sites excluding steroid dienone is 2. The summed E-state index contributed by atoms with van der Waals surface area (Å²) >= 11 is 0. The Morgan fingerprint density at radius 3 is 1.81 bits per heavy atom. The van der Waals surface area contributed by atoms with Crippen molar-refractivity contribution in [3.63, 3.8) is 0 Å². The number of Topliss-reactive ketones (excluding diaryl/α,β-unsaturated/α-hetero) is 3. The van der Waals surface area contributed by atoms with Crippen LogP contribution in [0.15, 0.2) is 24.3 Å². The predicted molar refractivity (Wildman–Crippen MR) is 114 cm³/mol. The van der Waals surface area contributed by atoms with Crippen LogP contribution in [0.3, 0.4) is 0 Å².